The smallest absolute Gasteiger partial charge is 0.251 e. The number of ketones is 1. The topological polar surface area (TPSA) is 172 Å². The maximum absolute atomic E-state index is 11.8. The summed E-state index contributed by atoms with van der Waals surface area (Å²) in [7, 11) is 0. The molecule has 0 saturated heterocycles. The van der Waals surface area contributed by atoms with Crippen LogP contribution in [0.2, 0.25) is 0 Å². The van der Waals surface area contributed by atoms with Crippen molar-refractivity contribution < 1.29 is 39.5 Å². The monoisotopic (exact) mass is 366 g/mol. The highest BCUT2D eigenvalue weighted by Crippen LogP contribution is 2.09. The molecule has 10 heteroatoms. The van der Waals surface area contributed by atoms with Crippen molar-refractivity contribution in [1.82, 2.24) is 5.32 Å². The molecule has 4 atom stereocenters. The molecule has 0 aromatic rings. The van der Waals surface area contributed by atoms with Gasteiger partial charge in [0.05, 0.1) is 13.3 Å². The number of hydrogen-bond donors (Lipinski definition) is 6. The lowest BCUT2D eigenvalue weighted by molar-refractivity contribution is -0.154. The van der Waals surface area contributed by atoms with E-state index < -0.39 is 36.1 Å². The molecule has 7 N–H and O–H groups in total. The summed E-state index contributed by atoms with van der Waals surface area (Å²) < 4.78 is 9.97. The third kappa shape index (κ3) is 9.80. The summed E-state index contributed by atoms with van der Waals surface area (Å²) >= 11 is 0. The minimum atomic E-state index is -2.02. The Balaban J connectivity index is 4.27. The van der Waals surface area contributed by atoms with Crippen molar-refractivity contribution in [1.29, 1.82) is 0 Å². The minimum absolute atomic E-state index is 0.0302. The Labute approximate surface area is 146 Å². The Hall–Kier alpha value is -1.14. The van der Waals surface area contributed by atoms with Gasteiger partial charge in [0.15, 0.2) is 11.9 Å². The summed E-state index contributed by atoms with van der Waals surface area (Å²) in [6.45, 7) is 2.96. The fraction of sp³-hybridized carbons (Fsp3) is 0.867. The molecule has 10 nitrogen and oxygen atoms in total. The van der Waals surface area contributed by atoms with Crippen LogP contribution < -0.4 is 11.1 Å². The van der Waals surface area contributed by atoms with Gasteiger partial charge in [0, 0.05) is 26.2 Å². The first-order chi connectivity index (χ1) is 11.9. The molecule has 0 aromatic carbocycles. The summed E-state index contributed by atoms with van der Waals surface area (Å²) in [4.78, 5) is 23.4. The van der Waals surface area contributed by atoms with Crippen molar-refractivity contribution in [3.05, 3.63) is 0 Å². The molecular weight excluding hydrogens is 336 g/mol. The predicted molar refractivity (Wildman–Crippen MR) is 87.4 cm³/mol. The van der Waals surface area contributed by atoms with E-state index in [1.807, 2.05) is 6.92 Å². The second-order valence-corrected chi connectivity index (χ2v) is 5.42. The Morgan fingerprint density at radius 3 is 2.24 bits per heavy atom. The number of Topliss-reactive ketones (excluding diaryl/α,β-unsaturated/α-hetero) is 1. The van der Waals surface area contributed by atoms with Crippen molar-refractivity contribution in [2.45, 2.75) is 50.6 Å². The maximum atomic E-state index is 11.8. The average Bonchev–Trinajstić information content (AvgIpc) is 2.62. The minimum Gasteiger partial charge on any atom is -0.387 e. The summed E-state index contributed by atoms with van der Waals surface area (Å²) in [6, 6.07) is 0. The summed E-state index contributed by atoms with van der Waals surface area (Å²) in [5, 5.41) is 41.3. The number of hydrogen-bond acceptors (Lipinski definition) is 9. The van der Waals surface area contributed by atoms with E-state index in [2.05, 4.69) is 5.32 Å². The van der Waals surface area contributed by atoms with Crippen LogP contribution in [0, 0.1) is 0 Å². The van der Waals surface area contributed by atoms with E-state index in [-0.39, 0.29) is 26.3 Å². The van der Waals surface area contributed by atoms with Gasteiger partial charge in [-0.15, -0.1) is 0 Å². The van der Waals surface area contributed by atoms with E-state index in [1.165, 1.54) is 0 Å². The van der Waals surface area contributed by atoms with E-state index in [0.717, 1.165) is 6.42 Å². The number of rotatable bonds is 15. The van der Waals surface area contributed by atoms with Crippen molar-refractivity contribution in [2.24, 2.45) is 5.73 Å². The molecule has 0 aliphatic heterocycles. The third-order valence-electron chi connectivity index (χ3n) is 3.32. The normalized spacial score (nSPS) is 16.1. The highest BCUT2D eigenvalue weighted by Gasteiger charge is 2.36. The predicted octanol–water partition coefficient (Wildman–Crippen LogP) is -2.75. The van der Waals surface area contributed by atoms with Crippen LogP contribution in [0.5, 0.6) is 0 Å². The van der Waals surface area contributed by atoms with Crippen molar-refractivity contribution in [2.75, 3.05) is 33.1 Å². The van der Waals surface area contributed by atoms with E-state index in [0.29, 0.717) is 19.6 Å². The third-order valence-corrected chi connectivity index (χ3v) is 3.32. The molecule has 0 bridgehead atoms. The zero-order valence-electron chi connectivity index (χ0n) is 14.5. The van der Waals surface area contributed by atoms with Crippen LogP contribution in [0.4, 0.5) is 0 Å². The molecule has 0 aliphatic rings. The average molecular weight is 366 g/mol. The SMILES string of the molecule is CCCOCCCC(=O)[C@H](O)[C@@H](O)[C@@H](O)[C@H](O)C(=O)NCCOCN. The van der Waals surface area contributed by atoms with Gasteiger partial charge in [0.1, 0.15) is 18.3 Å². The van der Waals surface area contributed by atoms with Crippen LogP contribution in [0.3, 0.4) is 0 Å². The zero-order valence-corrected chi connectivity index (χ0v) is 14.5. The molecule has 0 radical (unpaired) electrons. The van der Waals surface area contributed by atoms with Gasteiger partial charge in [-0.3, -0.25) is 9.59 Å². The summed E-state index contributed by atoms with van der Waals surface area (Å²) in [5.41, 5.74) is 5.09. The van der Waals surface area contributed by atoms with Gasteiger partial charge in [0.2, 0.25) is 0 Å². The molecule has 0 fully saturated rings. The second kappa shape index (κ2) is 14.1. The van der Waals surface area contributed by atoms with E-state index in [4.69, 9.17) is 15.2 Å². The first-order valence-electron chi connectivity index (χ1n) is 8.25. The fourth-order valence-corrected chi connectivity index (χ4v) is 1.90. The number of ether oxygens (including phenoxy) is 2. The molecule has 0 rings (SSSR count). The van der Waals surface area contributed by atoms with E-state index in [9.17, 15) is 30.0 Å². The molecule has 0 aliphatic carbocycles. The molecule has 0 unspecified atom stereocenters. The number of nitrogens with two attached hydrogens (primary N) is 1. The number of carbonyl (C=O) groups is 2. The van der Waals surface area contributed by atoms with Crippen LogP contribution in [0.25, 0.3) is 0 Å². The number of carbonyl (C=O) groups excluding carboxylic acids is 2. The number of aliphatic hydroxyl groups is 4. The molecule has 25 heavy (non-hydrogen) atoms. The van der Waals surface area contributed by atoms with Gasteiger partial charge in [-0.25, -0.2) is 0 Å². The second-order valence-electron chi connectivity index (χ2n) is 5.42. The molecule has 0 aromatic heterocycles. The van der Waals surface area contributed by atoms with Crippen LogP contribution in [-0.4, -0.2) is 89.6 Å². The molecule has 0 saturated carbocycles. The molecule has 1 amide bonds. The Morgan fingerprint density at radius 1 is 1.00 bits per heavy atom. The summed E-state index contributed by atoms with van der Waals surface area (Å²) in [6.07, 6.45) is -6.81. The van der Waals surface area contributed by atoms with Gasteiger partial charge in [-0.1, -0.05) is 6.92 Å². The van der Waals surface area contributed by atoms with Crippen LogP contribution >= 0.6 is 0 Å². The van der Waals surface area contributed by atoms with Crippen LogP contribution in [0.1, 0.15) is 26.2 Å². The summed E-state index contributed by atoms with van der Waals surface area (Å²) in [5.74, 6) is -1.68. The maximum Gasteiger partial charge on any atom is 0.251 e. The van der Waals surface area contributed by atoms with Crippen molar-refractivity contribution >= 4 is 11.7 Å². The van der Waals surface area contributed by atoms with E-state index in [1.54, 1.807) is 0 Å². The molecular formula is C15H30N2O8. The lowest BCUT2D eigenvalue weighted by Crippen LogP contribution is -2.52. The van der Waals surface area contributed by atoms with Crippen molar-refractivity contribution in [3.63, 3.8) is 0 Å². The lowest BCUT2D eigenvalue weighted by Gasteiger charge is -2.25. The van der Waals surface area contributed by atoms with Gasteiger partial charge >= 0.3 is 0 Å². The zero-order chi connectivity index (χ0) is 19.2. The first-order valence-corrected chi connectivity index (χ1v) is 8.25. The highest BCUT2D eigenvalue weighted by atomic mass is 16.5. The van der Waals surface area contributed by atoms with Crippen LogP contribution in [0.15, 0.2) is 0 Å². The largest absolute Gasteiger partial charge is 0.387 e. The van der Waals surface area contributed by atoms with Crippen LogP contribution in [-0.2, 0) is 19.1 Å². The Morgan fingerprint density at radius 2 is 1.64 bits per heavy atom. The van der Waals surface area contributed by atoms with Gasteiger partial charge in [-0.05, 0) is 12.8 Å². The van der Waals surface area contributed by atoms with Gasteiger partial charge < -0.3 is 41.0 Å². The highest BCUT2D eigenvalue weighted by molar-refractivity contribution is 5.84. The molecule has 0 heterocycles. The molecule has 148 valence electrons. The standard InChI is InChI=1S/C15H30N2O8/c1-2-6-24-7-3-4-10(18)11(19)12(20)13(21)14(22)15(23)17-5-8-25-9-16/h11-14,19-22H,2-9,16H2,1H3,(H,17,23)/t11-,12+,13+,14-/m0/s1. The first kappa shape index (κ1) is 23.9. The lowest BCUT2D eigenvalue weighted by atomic mass is 9.97. The number of amides is 1. The quantitative estimate of drug-likeness (QED) is 0.133. The van der Waals surface area contributed by atoms with Gasteiger partial charge in [0.25, 0.3) is 5.91 Å². The Bertz CT molecular complexity index is 383. The van der Waals surface area contributed by atoms with Gasteiger partial charge in [-0.2, -0.15) is 0 Å². The van der Waals surface area contributed by atoms with E-state index >= 15 is 0 Å². The fourth-order valence-electron chi connectivity index (χ4n) is 1.90. The molecule has 0 spiro atoms. The number of nitrogens with one attached hydrogen (secondary N) is 1. The Kier molecular flexibility index (Phi) is 13.4. The number of aliphatic hydroxyl groups excluding tert-OH is 4. The van der Waals surface area contributed by atoms with Crippen molar-refractivity contribution in [3.8, 4) is 0 Å².